The van der Waals surface area contributed by atoms with Gasteiger partial charge in [-0.15, -0.1) is 0 Å². The van der Waals surface area contributed by atoms with Gasteiger partial charge in [0.2, 0.25) is 5.76 Å². The van der Waals surface area contributed by atoms with Crippen molar-refractivity contribution in [2.75, 3.05) is 6.61 Å². The summed E-state index contributed by atoms with van der Waals surface area (Å²) in [6, 6.07) is 7.20. The van der Waals surface area contributed by atoms with Gasteiger partial charge in [-0.2, -0.15) is 0 Å². The SMILES string of the molecule is CC(C)CC(CO)NCc1c(C(=O)O)oc2ccccc12. The Labute approximate surface area is 123 Å². The lowest BCUT2D eigenvalue weighted by Crippen LogP contribution is -2.33. The number of hydrogen-bond acceptors (Lipinski definition) is 4. The van der Waals surface area contributed by atoms with Gasteiger partial charge >= 0.3 is 5.97 Å². The second-order valence-electron chi connectivity index (χ2n) is 5.60. The van der Waals surface area contributed by atoms with Gasteiger partial charge < -0.3 is 19.9 Å². The van der Waals surface area contributed by atoms with Crippen molar-refractivity contribution in [1.29, 1.82) is 0 Å². The number of para-hydroxylation sites is 1. The molecule has 2 rings (SSSR count). The quantitative estimate of drug-likeness (QED) is 0.730. The van der Waals surface area contributed by atoms with Crippen molar-refractivity contribution in [1.82, 2.24) is 5.32 Å². The van der Waals surface area contributed by atoms with Gasteiger partial charge in [0.25, 0.3) is 0 Å². The van der Waals surface area contributed by atoms with Gasteiger partial charge in [0.1, 0.15) is 5.58 Å². The van der Waals surface area contributed by atoms with Crippen LogP contribution in [0.1, 0.15) is 36.4 Å². The molecule has 1 aromatic heterocycles. The third-order valence-corrected chi connectivity index (χ3v) is 3.44. The highest BCUT2D eigenvalue weighted by Crippen LogP contribution is 2.26. The fourth-order valence-corrected chi connectivity index (χ4v) is 2.48. The summed E-state index contributed by atoms with van der Waals surface area (Å²) in [5, 5.41) is 22.7. The van der Waals surface area contributed by atoms with E-state index in [1.807, 2.05) is 18.2 Å². The van der Waals surface area contributed by atoms with Crippen molar-refractivity contribution in [3.8, 4) is 0 Å². The zero-order valence-electron chi connectivity index (χ0n) is 12.3. The van der Waals surface area contributed by atoms with E-state index in [-0.39, 0.29) is 18.4 Å². The van der Waals surface area contributed by atoms with Crippen molar-refractivity contribution in [3.63, 3.8) is 0 Å². The van der Waals surface area contributed by atoms with Gasteiger partial charge in [-0.25, -0.2) is 4.79 Å². The zero-order valence-corrected chi connectivity index (χ0v) is 12.3. The molecule has 0 radical (unpaired) electrons. The van der Waals surface area contributed by atoms with Crippen LogP contribution in [0.4, 0.5) is 0 Å². The molecule has 5 heteroatoms. The first kappa shape index (κ1) is 15.5. The molecule has 2 aromatic rings. The summed E-state index contributed by atoms with van der Waals surface area (Å²) in [6.07, 6.45) is 0.828. The van der Waals surface area contributed by atoms with Crippen LogP contribution in [0.25, 0.3) is 11.0 Å². The molecule has 21 heavy (non-hydrogen) atoms. The number of furan rings is 1. The Hall–Kier alpha value is -1.85. The molecule has 0 saturated carbocycles. The number of benzene rings is 1. The number of carbonyl (C=O) groups is 1. The first-order chi connectivity index (χ1) is 10.0. The molecule has 0 amide bonds. The number of hydrogen-bond donors (Lipinski definition) is 3. The maximum Gasteiger partial charge on any atom is 0.372 e. The predicted octanol–water partition coefficient (Wildman–Crippen LogP) is 2.63. The number of fused-ring (bicyclic) bond motifs is 1. The number of carboxylic acids is 1. The van der Waals surface area contributed by atoms with Crippen molar-refractivity contribution in [2.24, 2.45) is 5.92 Å². The lowest BCUT2D eigenvalue weighted by molar-refractivity contribution is 0.0663. The lowest BCUT2D eigenvalue weighted by Gasteiger charge is -2.18. The molecule has 1 atom stereocenters. The minimum atomic E-state index is -1.08. The molecule has 0 aliphatic heterocycles. The van der Waals surface area contributed by atoms with Crippen LogP contribution in [0.3, 0.4) is 0 Å². The van der Waals surface area contributed by atoms with Crippen LogP contribution < -0.4 is 5.32 Å². The number of rotatable bonds is 7. The fraction of sp³-hybridized carbons (Fsp3) is 0.438. The first-order valence-electron chi connectivity index (χ1n) is 7.10. The third kappa shape index (κ3) is 3.62. The summed E-state index contributed by atoms with van der Waals surface area (Å²) in [5.41, 5.74) is 1.19. The molecule has 1 heterocycles. The Balaban J connectivity index is 2.24. The van der Waals surface area contributed by atoms with E-state index in [0.717, 1.165) is 11.8 Å². The number of aliphatic hydroxyl groups excluding tert-OH is 1. The minimum absolute atomic E-state index is 0.0242. The highest BCUT2D eigenvalue weighted by atomic mass is 16.4. The molecule has 1 unspecified atom stereocenters. The molecular formula is C16H21NO4. The topological polar surface area (TPSA) is 82.7 Å². The molecule has 0 aliphatic rings. The number of aromatic carboxylic acids is 1. The van der Waals surface area contributed by atoms with Crippen molar-refractivity contribution in [2.45, 2.75) is 32.9 Å². The summed E-state index contributed by atoms with van der Waals surface area (Å²) in [4.78, 5) is 11.3. The van der Waals surface area contributed by atoms with Crippen molar-refractivity contribution in [3.05, 3.63) is 35.6 Å². The van der Waals surface area contributed by atoms with Crippen LogP contribution in [-0.2, 0) is 6.54 Å². The van der Waals surface area contributed by atoms with Crippen LogP contribution in [0.2, 0.25) is 0 Å². The van der Waals surface area contributed by atoms with E-state index in [0.29, 0.717) is 23.6 Å². The maximum atomic E-state index is 11.3. The Morgan fingerprint density at radius 2 is 2.05 bits per heavy atom. The van der Waals surface area contributed by atoms with Crippen LogP contribution in [-0.4, -0.2) is 28.8 Å². The Bertz CT molecular complexity index is 618. The van der Waals surface area contributed by atoms with Gasteiger partial charge in [0.05, 0.1) is 6.61 Å². The zero-order chi connectivity index (χ0) is 15.4. The molecule has 114 valence electrons. The number of carboxylic acid groups (broad SMARTS) is 1. The summed E-state index contributed by atoms with van der Waals surface area (Å²) in [5.74, 6) is -0.660. The molecule has 0 saturated heterocycles. The van der Waals surface area contributed by atoms with E-state index in [1.54, 1.807) is 6.07 Å². The molecular weight excluding hydrogens is 270 g/mol. The summed E-state index contributed by atoms with van der Waals surface area (Å²) in [6.45, 7) is 4.55. The van der Waals surface area contributed by atoms with Crippen LogP contribution in [0, 0.1) is 5.92 Å². The fourth-order valence-electron chi connectivity index (χ4n) is 2.48. The number of aliphatic hydroxyl groups is 1. The Kier molecular flexibility index (Phi) is 4.98. The average Bonchev–Trinajstić information content (AvgIpc) is 2.82. The molecule has 0 fully saturated rings. The standard InChI is InChI=1S/C16H21NO4/c1-10(2)7-11(9-18)17-8-13-12-5-3-4-6-14(12)21-15(13)16(19)20/h3-6,10-11,17-18H,7-9H2,1-2H3,(H,19,20). The Morgan fingerprint density at radius 1 is 1.33 bits per heavy atom. The molecule has 3 N–H and O–H groups in total. The van der Waals surface area contributed by atoms with Gasteiger partial charge in [-0.1, -0.05) is 32.0 Å². The first-order valence-corrected chi connectivity index (χ1v) is 7.10. The molecule has 5 nitrogen and oxygen atoms in total. The van der Waals surface area contributed by atoms with E-state index in [9.17, 15) is 15.0 Å². The third-order valence-electron chi connectivity index (χ3n) is 3.44. The van der Waals surface area contributed by atoms with Crippen LogP contribution in [0.15, 0.2) is 28.7 Å². The van der Waals surface area contributed by atoms with Crippen LogP contribution >= 0.6 is 0 Å². The predicted molar refractivity (Wildman–Crippen MR) is 80.3 cm³/mol. The normalized spacial score (nSPS) is 13.0. The van der Waals surface area contributed by atoms with E-state index >= 15 is 0 Å². The highest BCUT2D eigenvalue weighted by Gasteiger charge is 2.20. The minimum Gasteiger partial charge on any atom is -0.475 e. The lowest BCUT2D eigenvalue weighted by atomic mass is 10.0. The molecule has 1 aromatic carbocycles. The van der Waals surface area contributed by atoms with Gasteiger partial charge in [0, 0.05) is 23.5 Å². The highest BCUT2D eigenvalue weighted by molar-refractivity contribution is 5.95. The monoisotopic (exact) mass is 291 g/mol. The van der Waals surface area contributed by atoms with Gasteiger partial charge in [-0.3, -0.25) is 0 Å². The second kappa shape index (κ2) is 6.74. The number of nitrogens with one attached hydrogen (secondary N) is 1. The summed E-state index contributed by atoms with van der Waals surface area (Å²) in [7, 11) is 0. The maximum absolute atomic E-state index is 11.3. The molecule has 0 bridgehead atoms. The molecule has 0 aliphatic carbocycles. The Morgan fingerprint density at radius 3 is 2.67 bits per heavy atom. The van der Waals surface area contributed by atoms with E-state index in [1.165, 1.54) is 0 Å². The van der Waals surface area contributed by atoms with Crippen molar-refractivity contribution >= 4 is 16.9 Å². The van der Waals surface area contributed by atoms with Gasteiger partial charge in [0.15, 0.2) is 0 Å². The van der Waals surface area contributed by atoms with E-state index in [4.69, 9.17) is 4.42 Å². The summed E-state index contributed by atoms with van der Waals surface area (Å²) >= 11 is 0. The van der Waals surface area contributed by atoms with Crippen LogP contribution in [0.5, 0.6) is 0 Å². The largest absolute Gasteiger partial charge is 0.475 e. The van der Waals surface area contributed by atoms with E-state index in [2.05, 4.69) is 19.2 Å². The van der Waals surface area contributed by atoms with Crippen molar-refractivity contribution < 1.29 is 19.4 Å². The second-order valence-corrected chi connectivity index (χ2v) is 5.60. The molecule has 0 spiro atoms. The average molecular weight is 291 g/mol. The smallest absolute Gasteiger partial charge is 0.372 e. The van der Waals surface area contributed by atoms with Gasteiger partial charge in [-0.05, 0) is 18.4 Å². The van der Waals surface area contributed by atoms with E-state index < -0.39 is 5.97 Å². The summed E-state index contributed by atoms with van der Waals surface area (Å²) < 4.78 is 5.41.